The Kier molecular flexibility index (Phi) is 5.53. The first-order valence-corrected chi connectivity index (χ1v) is 10.0. The number of benzene rings is 2. The fourth-order valence-corrected chi connectivity index (χ4v) is 3.59. The second-order valence-corrected chi connectivity index (χ2v) is 7.53. The van der Waals surface area contributed by atoms with Crippen molar-refractivity contribution in [2.24, 2.45) is 0 Å². The Morgan fingerprint density at radius 1 is 1.06 bits per heavy atom. The SMILES string of the molecule is CC1(c2ccccc2)NC(=O)N(CC(=O)NCCc2ccc(-n3cccn3)cc2)C1=O. The number of hydrogen-bond acceptors (Lipinski definition) is 4. The number of amides is 4. The standard InChI is InChI=1S/C23H23N5O3/c1-23(18-6-3-2-4-7-18)21(30)27(22(31)26-23)16-20(29)24-14-12-17-8-10-19(11-9-17)28-15-5-13-25-28/h2-11,13,15H,12,14,16H2,1H3,(H,24,29)(H,26,31). The average Bonchev–Trinajstić information content (AvgIpc) is 3.39. The quantitative estimate of drug-likeness (QED) is 0.575. The lowest BCUT2D eigenvalue weighted by Gasteiger charge is -2.22. The lowest BCUT2D eigenvalue weighted by molar-refractivity contribution is -0.134. The van der Waals surface area contributed by atoms with E-state index < -0.39 is 17.5 Å². The molecule has 1 aromatic heterocycles. The maximum Gasteiger partial charge on any atom is 0.325 e. The van der Waals surface area contributed by atoms with Crippen LogP contribution in [0.1, 0.15) is 18.1 Å². The number of hydrogen-bond donors (Lipinski definition) is 2. The molecular weight excluding hydrogens is 394 g/mol. The zero-order valence-electron chi connectivity index (χ0n) is 17.1. The molecule has 158 valence electrons. The zero-order chi connectivity index (χ0) is 21.8. The average molecular weight is 417 g/mol. The summed E-state index contributed by atoms with van der Waals surface area (Å²) in [6.07, 6.45) is 4.22. The monoisotopic (exact) mass is 417 g/mol. The van der Waals surface area contributed by atoms with Crippen LogP contribution in [0.4, 0.5) is 4.79 Å². The van der Waals surface area contributed by atoms with Gasteiger partial charge in [-0.15, -0.1) is 0 Å². The van der Waals surface area contributed by atoms with Gasteiger partial charge in [0.15, 0.2) is 0 Å². The molecule has 8 heteroatoms. The van der Waals surface area contributed by atoms with Gasteiger partial charge in [-0.3, -0.25) is 14.5 Å². The normalized spacial score (nSPS) is 18.2. The second kappa shape index (κ2) is 8.43. The van der Waals surface area contributed by atoms with Crippen LogP contribution >= 0.6 is 0 Å². The lowest BCUT2D eigenvalue weighted by Crippen LogP contribution is -2.43. The molecule has 1 unspecified atom stereocenters. The lowest BCUT2D eigenvalue weighted by atomic mass is 9.92. The summed E-state index contributed by atoms with van der Waals surface area (Å²) in [6.45, 7) is 1.73. The molecular formula is C23H23N5O3. The molecule has 2 N–H and O–H groups in total. The van der Waals surface area contributed by atoms with Crippen LogP contribution in [0, 0.1) is 0 Å². The number of rotatable bonds is 7. The van der Waals surface area contributed by atoms with Crippen molar-refractivity contribution in [3.05, 3.63) is 84.2 Å². The van der Waals surface area contributed by atoms with Crippen LogP contribution in [0.15, 0.2) is 73.1 Å². The summed E-state index contributed by atoms with van der Waals surface area (Å²) in [5.74, 6) is -0.818. The molecule has 0 aliphatic carbocycles. The molecule has 2 aromatic carbocycles. The van der Waals surface area contributed by atoms with Crippen LogP contribution in [0.25, 0.3) is 5.69 Å². The fourth-order valence-electron chi connectivity index (χ4n) is 3.59. The largest absolute Gasteiger partial charge is 0.354 e. The molecule has 4 rings (SSSR count). The van der Waals surface area contributed by atoms with E-state index in [0.717, 1.165) is 16.2 Å². The smallest absolute Gasteiger partial charge is 0.325 e. The molecule has 31 heavy (non-hydrogen) atoms. The van der Waals surface area contributed by atoms with Crippen LogP contribution in [-0.4, -0.2) is 45.6 Å². The number of imide groups is 1. The van der Waals surface area contributed by atoms with Gasteiger partial charge in [0.1, 0.15) is 12.1 Å². The van der Waals surface area contributed by atoms with Crippen molar-refractivity contribution in [3.8, 4) is 5.69 Å². The minimum atomic E-state index is -1.17. The van der Waals surface area contributed by atoms with E-state index in [0.29, 0.717) is 18.5 Å². The van der Waals surface area contributed by atoms with E-state index >= 15 is 0 Å². The van der Waals surface area contributed by atoms with E-state index in [-0.39, 0.29) is 12.5 Å². The molecule has 0 saturated carbocycles. The van der Waals surface area contributed by atoms with E-state index in [1.807, 2.05) is 42.6 Å². The van der Waals surface area contributed by atoms with E-state index in [1.165, 1.54) is 0 Å². The number of aromatic nitrogens is 2. The topological polar surface area (TPSA) is 96.3 Å². The molecule has 0 radical (unpaired) electrons. The minimum absolute atomic E-state index is 0.314. The summed E-state index contributed by atoms with van der Waals surface area (Å²) in [4.78, 5) is 38.5. The van der Waals surface area contributed by atoms with Gasteiger partial charge in [-0.2, -0.15) is 5.10 Å². The molecule has 2 heterocycles. The highest BCUT2D eigenvalue weighted by Crippen LogP contribution is 2.28. The molecule has 1 saturated heterocycles. The third kappa shape index (κ3) is 4.18. The molecule has 4 amide bonds. The van der Waals surface area contributed by atoms with Gasteiger partial charge in [-0.05, 0) is 42.7 Å². The van der Waals surface area contributed by atoms with E-state index in [1.54, 1.807) is 42.1 Å². The third-order valence-electron chi connectivity index (χ3n) is 5.37. The summed E-state index contributed by atoms with van der Waals surface area (Å²) >= 11 is 0. The van der Waals surface area contributed by atoms with Crippen molar-refractivity contribution >= 4 is 17.8 Å². The van der Waals surface area contributed by atoms with Crippen molar-refractivity contribution in [1.82, 2.24) is 25.3 Å². The summed E-state index contributed by atoms with van der Waals surface area (Å²) < 4.78 is 1.77. The first kappa shape index (κ1) is 20.3. The van der Waals surface area contributed by atoms with Crippen molar-refractivity contribution in [1.29, 1.82) is 0 Å². The number of nitrogens with zero attached hydrogens (tertiary/aromatic N) is 3. The first-order chi connectivity index (χ1) is 15.0. The maximum absolute atomic E-state index is 12.9. The molecule has 0 bridgehead atoms. The number of carbonyl (C=O) groups is 3. The highest BCUT2D eigenvalue weighted by atomic mass is 16.2. The second-order valence-electron chi connectivity index (χ2n) is 7.53. The maximum atomic E-state index is 12.9. The minimum Gasteiger partial charge on any atom is -0.354 e. The van der Waals surface area contributed by atoms with Crippen molar-refractivity contribution in [2.45, 2.75) is 18.9 Å². The molecule has 1 aliphatic heterocycles. The van der Waals surface area contributed by atoms with Gasteiger partial charge in [0.2, 0.25) is 5.91 Å². The van der Waals surface area contributed by atoms with Gasteiger partial charge in [0, 0.05) is 18.9 Å². The molecule has 8 nitrogen and oxygen atoms in total. The third-order valence-corrected chi connectivity index (χ3v) is 5.37. The van der Waals surface area contributed by atoms with Crippen molar-refractivity contribution in [2.75, 3.05) is 13.1 Å². The van der Waals surface area contributed by atoms with Gasteiger partial charge in [0.05, 0.1) is 5.69 Å². The van der Waals surface area contributed by atoms with Crippen LogP contribution in [0.5, 0.6) is 0 Å². The summed E-state index contributed by atoms with van der Waals surface area (Å²) in [5, 5.41) is 9.67. The first-order valence-electron chi connectivity index (χ1n) is 10.0. The van der Waals surface area contributed by atoms with Gasteiger partial charge < -0.3 is 10.6 Å². The predicted octanol–water partition coefficient (Wildman–Crippen LogP) is 2.00. The number of carbonyl (C=O) groups excluding carboxylic acids is 3. The predicted molar refractivity (Wildman–Crippen MR) is 114 cm³/mol. The summed E-state index contributed by atoms with van der Waals surface area (Å²) in [5.41, 5.74) is 1.52. The van der Waals surface area contributed by atoms with Crippen LogP contribution in [0.3, 0.4) is 0 Å². The van der Waals surface area contributed by atoms with Gasteiger partial charge >= 0.3 is 6.03 Å². The molecule has 1 aliphatic rings. The van der Waals surface area contributed by atoms with Crippen molar-refractivity contribution < 1.29 is 14.4 Å². The Morgan fingerprint density at radius 2 is 1.81 bits per heavy atom. The Bertz CT molecular complexity index is 1080. The van der Waals surface area contributed by atoms with Gasteiger partial charge in [-0.25, -0.2) is 9.48 Å². The van der Waals surface area contributed by atoms with E-state index in [9.17, 15) is 14.4 Å². The fraction of sp³-hybridized carbons (Fsp3) is 0.217. The molecule has 1 fully saturated rings. The Labute approximate surface area is 179 Å². The van der Waals surface area contributed by atoms with E-state index in [4.69, 9.17) is 0 Å². The molecule has 1 atom stereocenters. The zero-order valence-corrected chi connectivity index (χ0v) is 17.1. The molecule has 3 aromatic rings. The highest BCUT2D eigenvalue weighted by molar-refractivity contribution is 6.09. The van der Waals surface area contributed by atoms with Crippen LogP contribution < -0.4 is 10.6 Å². The van der Waals surface area contributed by atoms with Gasteiger partial charge in [-0.1, -0.05) is 42.5 Å². The van der Waals surface area contributed by atoms with E-state index in [2.05, 4.69) is 15.7 Å². The number of urea groups is 1. The van der Waals surface area contributed by atoms with Crippen LogP contribution in [-0.2, 0) is 21.5 Å². The van der Waals surface area contributed by atoms with Crippen LogP contribution in [0.2, 0.25) is 0 Å². The molecule has 0 spiro atoms. The van der Waals surface area contributed by atoms with Crippen molar-refractivity contribution in [3.63, 3.8) is 0 Å². The van der Waals surface area contributed by atoms with Gasteiger partial charge in [0.25, 0.3) is 5.91 Å². The Hall–Kier alpha value is -3.94. The Morgan fingerprint density at radius 3 is 2.48 bits per heavy atom. The highest BCUT2D eigenvalue weighted by Gasteiger charge is 2.49. The summed E-state index contributed by atoms with van der Waals surface area (Å²) in [6, 6.07) is 18.2. The number of nitrogens with one attached hydrogen (secondary N) is 2. The Balaban J connectivity index is 1.30. The summed E-state index contributed by atoms with van der Waals surface area (Å²) in [7, 11) is 0.